The average Bonchev–Trinajstić information content (AvgIpc) is 2.62. The number of fused-ring (bicyclic) bond motifs is 1. The molecule has 0 N–H and O–H groups in total. The summed E-state index contributed by atoms with van der Waals surface area (Å²) >= 11 is 0. The SMILES string of the molecule is CN1CCN(CCCCCCOc2ncc3ccccc3n2)CC1. The van der Waals surface area contributed by atoms with Crippen LogP contribution in [0.15, 0.2) is 30.5 Å². The molecule has 0 unspecified atom stereocenters. The molecule has 1 aliphatic rings. The summed E-state index contributed by atoms with van der Waals surface area (Å²) in [5.74, 6) is 0. The molecule has 0 saturated carbocycles. The van der Waals surface area contributed by atoms with Crippen molar-refractivity contribution >= 4 is 10.9 Å². The van der Waals surface area contributed by atoms with Crippen LogP contribution < -0.4 is 4.74 Å². The van der Waals surface area contributed by atoms with Crippen molar-refractivity contribution in [2.45, 2.75) is 25.7 Å². The molecule has 5 nitrogen and oxygen atoms in total. The van der Waals surface area contributed by atoms with Crippen molar-refractivity contribution in [3.05, 3.63) is 30.5 Å². The standard InChI is InChI=1S/C19H28N4O/c1-22-11-13-23(14-12-22)10-6-2-3-7-15-24-19-20-16-17-8-4-5-9-18(17)21-19/h4-5,8-9,16H,2-3,6-7,10-15H2,1H3. The Morgan fingerprint density at radius 3 is 2.67 bits per heavy atom. The molecule has 0 aliphatic carbocycles. The van der Waals surface area contributed by atoms with Crippen LogP contribution in [0.4, 0.5) is 0 Å². The van der Waals surface area contributed by atoms with Gasteiger partial charge in [-0.1, -0.05) is 31.0 Å². The molecule has 0 radical (unpaired) electrons. The number of hydrogen-bond donors (Lipinski definition) is 0. The van der Waals surface area contributed by atoms with Gasteiger partial charge in [-0.2, -0.15) is 4.98 Å². The molecule has 5 heteroatoms. The molecule has 0 amide bonds. The van der Waals surface area contributed by atoms with Crippen molar-refractivity contribution in [1.29, 1.82) is 0 Å². The number of benzene rings is 1. The summed E-state index contributed by atoms with van der Waals surface area (Å²) in [7, 11) is 2.20. The van der Waals surface area contributed by atoms with Gasteiger partial charge in [-0.05, 0) is 32.5 Å². The van der Waals surface area contributed by atoms with Gasteiger partial charge in [-0.15, -0.1) is 0 Å². The van der Waals surface area contributed by atoms with Crippen LogP contribution in [-0.2, 0) is 0 Å². The fraction of sp³-hybridized carbons (Fsp3) is 0.579. The fourth-order valence-corrected chi connectivity index (χ4v) is 3.05. The molecule has 2 aromatic rings. The highest BCUT2D eigenvalue weighted by Gasteiger charge is 2.12. The Morgan fingerprint density at radius 2 is 1.79 bits per heavy atom. The van der Waals surface area contributed by atoms with E-state index in [1.54, 1.807) is 0 Å². The minimum atomic E-state index is 0.492. The molecule has 0 bridgehead atoms. The van der Waals surface area contributed by atoms with Gasteiger partial charge in [0.05, 0.1) is 12.1 Å². The summed E-state index contributed by atoms with van der Waals surface area (Å²) in [5, 5.41) is 1.05. The average molecular weight is 328 g/mol. The first-order valence-electron chi connectivity index (χ1n) is 9.07. The van der Waals surface area contributed by atoms with Crippen LogP contribution in [0.5, 0.6) is 6.01 Å². The Labute approximate surface area is 144 Å². The molecule has 130 valence electrons. The molecule has 2 heterocycles. The number of ether oxygens (including phenoxy) is 1. The first-order valence-corrected chi connectivity index (χ1v) is 9.07. The van der Waals surface area contributed by atoms with Gasteiger partial charge in [0.25, 0.3) is 0 Å². The lowest BCUT2D eigenvalue weighted by molar-refractivity contribution is 0.151. The van der Waals surface area contributed by atoms with E-state index in [0.717, 1.165) is 17.3 Å². The second-order valence-electron chi connectivity index (χ2n) is 6.62. The number of hydrogen-bond acceptors (Lipinski definition) is 5. The Bertz CT molecular complexity index is 626. The van der Waals surface area contributed by atoms with Crippen molar-refractivity contribution in [2.24, 2.45) is 0 Å². The van der Waals surface area contributed by atoms with Crippen LogP contribution in [0.2, 0.25) is 0 Å². The minimum absolute atomic E-state index is 0.492. The van der Waals surface area contributed by atoms with Crippen LogP contribution in [0.25, 0.3) is 10.9 Å². The quantitative estimate of drug-likeness (QED) is 0.697. The van der Waals surface area contributed by atoms with Gasteiger partial charge >= 0.3 is 6.01 Å². The molecular weight excluding hydrogens is 300 g/mol. The zero-order chi connectivity index (χ0) is 16.6. The van der Waals surface area contributed by atoms with Crippen LogP contribution in [0, 0.1) is 0 Å². The first-order chi connectivity index (χ1) is 11.8. The third-order valence-electron chi connectivity index (χ3n) is 4.66. The first kappa shape index (κ1) is 17.1. The molecule has 1 aromatic heterocycles. The summed E-state index contributed by atoms with van der Waals surface area (Å²) in [6.45, 7) is 6.80. The predicted molar refractivity (Wildman–Crippen MR) is 97.4 cm³/mol. The molecule has 24 heavy (non-hydrogen) atoms. The highest BCUT2D eigenvalue weighted by molar-refractivity contribution is 5.77. The highest BCUT2D eigenvalue weighted by atomic mass is 16.5. The fourth-order valence-electron chi connectivity index (χ4n) is 3.05. The third kappa shape index (κ3) is 5.14. The van der Waals surface area contributed by atoms with E-state index in [-0.39, 0.29) is 0 Å². The summed E-state index contributed by atoms with van der Waals surface area (Å²) in [5.41, 5.74) is 0.940. The van der Waals surface area contributed by atoms with Crippen LogP contribution in [0.1, 0.15) is 25.7 Å². The second-order valence-corrected chi connectivity index (χ2v) is 6.62. The second kappa shape index (κ2) is 8.94. The lowest BCUT2D eigenvalue weighted by Crippen LogP contribution is -2.44. The van der Waals surface area contributed by atoms with Crippen molar-refractivity contribution in [3.63, 3.8) is 0 Å². The van der Waals surface area contributed by atoms with Crippen molar-refractivity contribution in [1.82, 2.24) is 19.8 Å². The number of rotatable bonds is 8. The zero-order valence-electron chi connectivity index (χ0n) is 14.7. The van der Waals surface area contributed by atoms with E-state index in [9.17, 15) is 0 Å². The van der Waals surface area contributed by atoms with E-state index in [0.29, 0.717) is 12.6 Å². The Hall–Kier alpha value is -1.72. The topological polar surface area (TPSA) is 41.5 Å². The summed E-state index contributed by atoms with van der Waals surface area (Å²) < 4.78 is 5.68. The van der Waals surface area contributed by atoms with Crippen LogP contribution >= 0.6 is 0 Å². The van der Waals surface area contributed by atoms with Crippen molar-refractivity contribution in [3.8, 4) is 6.01 Å². The number of nitrogens with zero attached hydrogens (tertiary/aromatic N) is 4. The maximum atomic E-state index is 5.68. The smallest absolute Gasteiger partial charge is 0.316 e. The molecule has 1 saturated heterocycles. The Balaban J connectivity index is 1.27. The van der Waals surface area contributed by atoms with Gasteiger partial charge in [0, 0.05) is 37.8 Å². The summed E-state index contributed by atoms with van der Waals surface area (Å²) in [6, 6.07) is 8.47. The van der Waals surface area contributed by atoms with Gasteiger partial charge in [0.1, 0.15) is 0 Å². The van der Waals surface area contributed by atoms with Crippen LogP contribution in [-0.4, -0.2) is 66.1 Å². The van der Waals surface area contributed by atoms with E-state index in [4.69, 9.17) is 4.74 Å². The largest absolute Gasteiger partial charge is 0.463 e. The van der Waals surface area contributed by atoms with Gasteiger partial charge in [-0.3, -0.25) is 0 Å². The number of aromatic nitrogens is 2. The summed E-state index contributed by atoms with van der Waals surface area (Å²) in [4.78, 5) is 13.7. The van der Waals surface area contributed by atoms with Crippen molar-refractivity contribution < 1.29 is 4.74 Å². The Morgan fingerprint density at radius 1 is 1.00 bits per heavy atom. The number of unbranched alkanes of at least 4 members (excludes halogenated alkanes) is 3. The molecule has 1 aromatic carbocycles. The number of piperazine rings is 1. The van der Waals surface area contributed by atoms with Crippen LogP contribution in [0.3, 0.4) is 0 Å². The number of para-hydroxylation sites is 1. The zero-order valence-corrected chi connectivity index (χ0v) is 14.7. The molecular formula is C19H28N4O. The van der Waals surface area contributed by atoms with E-state index in [1.807, 2.05) is 30.5 Å². The van der Waals surface area contributed by atoms with Crippen molar-refractivity contribution in [2.75, 3.05) is 46.4 Å². The molecule has 1 fully saturated rings. The monoisotopic (exact) mass is 328 g/mol. The predicted octanol–water partition coefficient (Wildman–Crippen LogP) is 2.82. The summed E-state index contributed by atoms with van der Waals surface area (Å²) in [6.07, 6.45) is 6.67. The van der Waals surface area contributed by atoms with E-state index in [2.05, 4.69) is 26.8 Å². The van der Waals surface area contributed by atoms with E-state index in [1.165, 1.54) is 52.0 Å². The Kier molecular flexibility index (Phi) is 6.38. The maximum Gasteiger partial charge on any atom is 0.316 e. The van der Waals surface area contributed by atoms with Gasteiger partial charge in [0.2, 0.25) is 0 Å². The number of likely N-dealkylation sites (N-methyl/N-ethyl adjacent to an activating group) is 1. The lowest BCUT2D eigenvalue weighted by Gasteiger charge is -2.32. The highest BCUT2D eigenvalue weighted by Crippen LogP contribution is 2.13. The van der Waals surface area contributed by atoms with Gasteiger partial charge in [-0.25, -0.2) is 4.98 Å². The maximum absolute atomic E-state index is 5.68. The molecule has 0 spiro atoms. The van der Waals surface area contributed by atoms with Gasteiger partial charge < -0.3 is 14.5 Å². The minimum Gasteiger partial charge on any atom is -0.463 e. The van der Waals surface area contributed by atoms with Gasteiger partial charge in [0.15, 0.2) is 0 Å². The molecule has 3 rings (SSSR count). The lowest BCUT2D eigenvalue weighted by atomic mass is 10.2. The third-order valence-corrected chi connectivity index (χ3v) is 4.66. The normalized spacial score (nSPS) is 16.5. The molecule has 1 aliphatic heterocycles. The molecule has 0 atom stereocenters. The van der Waals surface area contributed by atoms with E-state index < -0.39 is 0 Å². The van der Waals surface area contributed by atoms with E-state index >= 15 is 0 Å².